The molecule has 2 amide bonds. The Hall–Kier alpha value is -1.91. The van der Waals surface area contributed by atoms with Crippen LogP contribution in [0.5, 0.6) is 11.5 Å². The minimum atomic E-state index is -0.143. The highest BCUT2D eigenvalue weighted by Crippen LogP contribution is 2.59. The summed E-state index contributed by atoms with van der Waals surface area (Å²) in [6.07, 6.45) is 8.11. The van der Waals surface area contributed by atoms with Gasteiger partial charge in [-0.3, -0.25) is 0 Å². The molecule has 1 aromatic carbocycles. The Kier molecular flexibility index (Phi) is 3.98. The molecule has 140 valence electrons. The van der Waals surface area contributed by atoms with Crippen molar-refractivity contribution in [1.29, 1.82) is 0 Å². The number of nitrogens with one attached hydrogen (secondary N) is 2. The predicted molar refractivity (Wildman–Crippen MR) is 98.4 cm³/mol. The third-order valence-corrected chi connectivity index (χ3v) is 6.85. The highest BCUT2D eigenvalue weighted by molar-refractivity contribution is 5.73. The van der Waals surface area contributed by atoms with Crippen LogP contribution in [0.2, 0.25) is 0 Å². The van der Waals surface area contributed by atoms with Gasteiger partial charge in [0.2, 0.25) is 0 Å². The van der Waals surface area contributed by atoms with Crippen LogP contribution in [0, 0.1) is 23.2 Å². The van der Waals surface area contributed by atoms with Gasteiger partial charge in [-0.2, -0.15) is 0 Å². The third kappa shape index (κ3) is 3.12. The fourth-order valence-electron chi connectivity index (χ4n) is 6.21. The summed E-state index contributed by atoms with van der Waals surface area (Å²) < 4.78 is 11.6. The number of hydrogen-bond donors (Lipinski definition) is 2. The minimum absolute atomic E-state index is 0.0804. The summed E-state index contributed by atoms with van der Waals surface area (Å²) in [6.45, 7) is 1.75. The zero-order valence-electron chi connectivity index (χ0n) is 15.2. The first-order valence-electron chi connectivity index (χ1n) is 10.1. The molecule has 0 radical (unpaired) electrons. The predicted octanol–water partition coefficient (Wildman–Crippen LogP) is 3.34. The molecule has 5 heteroatoms. The lowest BCUT2D eigenvalue weighted by molar-refractivity contribution is -0.0498. The van der Waals surface area contributed by atoms with Gasteiger partial charge in [0.1, 0.15) is 6.61 Å². The standard InChI is InChI=1S/C21H28N2O3/c24-20(22-11-17-12-25-18-3-1-2-4-19(18)26-17)23-13-21-8-14-5-15(9-21)7-16(6-14)10-21/h1-4,14-17H,5-13H2,(H2,22,23,24). The average Bonchev–Trinajstić information content (AvgIpc) is 2.63. The van der Waals surface area contributed by atoms with Gasteiger partial charge in [-0.25, -0.2) is 4.79 Å². The number of carbonyl (C=O) groups excluding carboxylic acids is 1. The van der Waals surface area contributed by atoms with Crippen LogP contribution in [0.25, 0.3) is 0 Å². The van der Waals surface area contributed by atoms with Gasteiger partial charge in [-0.1, -0.05) is 12.1 Å². The van der Waals surface area contributed by atoms with E-state index in [1.165, 1.54) is 38.5 Å². The van der Waals surface area contributed by atoms with Gasteiger partial charge >= 0.3 is 6.03 Å². The van der Waals surface area contributed by atoms with E-state index >= 15 is 0 Å². The van der Waals surface area contributed by atoms with E-state index in [1.54, 1.807) is 0 Å². The lowest BCUT2D eigenvalue weighted by Gasteiger charge is -2.56. The Balaban J connectivity index is 1.10. The zero-order valence-corrected chi connectivity index (χ0v) is 15.2. The van der Waals surface area contributed by atoms with Crippen molar-refractivity contribution in [3.63, 3.8) is 0 Å². The molecule has 4 saturated carbocycles. The summed E-state index contributed by atoms with van der Waals surface area (Å²) >= 11 is 0. The van der Waals surface area contributed by atoms with E-state index in [0.29, 0.717) is 18.6 Å². The SMILES string of the molecule is O=C(NCC1COc2ccccc2O1)NCC12CC3CC(CC(C3)C1)C2. The molecule has 1 aliphatic heterocycles. The summed E-state index contributed by atoms with van der Waals surface area (Å²) in [6, 6.07) is 7.57. The topological polar surface area (TPSA) is 59.6 Å². The average molecular weight is 356 g/mol. The second-order valence-corrected chi connectivity index (χ2v) is 8.98. The number of carbonyl (C=O) groups is 1. The van der Waals surface area contributed by atoms with Crippen molar-refractivity contribution in [2.75, 3.05) is 19.7 Å². The molecule has 2 N–H and O–H groups in total. The molecular weight excluding hydrogens is 328 g/mol. The molecule has 4 aliphatic carbocycles. The fourth-order valence-corrected chi connectivity index (χ4v) is 6.21. The van der Waals surface area contributed by atoms with Crippen LogP contribution < -0.4 is 20.1 Å². The Morgan fingerprint density at radius 3 is 2.35 bits per heavy atom. The van der Waals surface area contributed by atoms with Gasteiger partial charge in [-0.05, 0) is 73.8 Å². The summed E-state index contributed by atoms with van der Waals surface area (Å²) in [5.41, 5.74) is 0.371. The van der Waals surface area contributed by atoms with Crippen molar-refractivity contribution in [2.24, 2.45) is 23.2 Å². The van der Waals surface area contributed by atoms with Crippen LogP contribution in [0.1, 0.15) is 38.5 Å². The molecule has 1 aromatic rings. The molecule has 0 spiro atoms. The maximum Gasteiger partial charge on any atom is 0.314 e. The lowest BCUT2D eigenvalue weighted by Crippen LogP contribution is -2.53. The number of fused-ring (bicyclic) bond motifs is 1. The Labute approximate surface area is 154 Å². The summed E-state index contributed by atoms with van der Waals surface area (Å²) in [5.74, 6) is 4.27. The van der Waals surface area contributed by atoms with E-state index in [2.05, 4.69) is 10.6 Å². The van der Waals surface area contributed by atoms with Crippen LogP contribution in [0.3, 0.4) is 0 Å². The highest BCUT2D eigenvalue weighted by Gasteiger charge is 2.50. The largest absolute Gasteiger partial charge is 0.486 e. The van der Waals surface area contributed by atoms with Gasteiger partial charge in [0.15, 0.2) is 17.6 Å². The van der Waals surface area contributed by atoms with Crippen LogP contribution >= 0.6 is 0 Å². The summed E-state index contributed by atoms with van der Waals surface area (Å²) in [4.78, 5) is 12.3. The molecule has 0 aromatic heterocycles. The second kappa shape index (κ2) is 6.36. The number of hydrogen-bond acceptors (Lipinski definition) is 3. The van der Waals surface area contributed by atoms with E-state index in [4.69, 9.17) is 9.47 Å². The van der Waals surface area contributed by atoms with Crippen LogP contribution in [0.4, 0.5) is 4.79 Å². The fraction of sp³-hybridized carbons (Fsp3) is 0.667. The maximum absolute atomic E-state index is 12.3. The first-order valence-corrected chi connectivity index (χ1v) is 10.1. The van der Waals surface area contributed by atoms with E-state index in [0.717, 1.165) is 35.8 Å². The Bertz CT molecular complexity index is 654. The molecule has 5 aliphatic rings. The number of urea groups is 1. The summed E-state index contributed by atoms with van der Waals surface area (Å²) in [7, 11) is 0. The van der Waals surface area contributed by atoms with Crippen LogP contribution in [-0.4, -0.2) is 31.8 Å². The molecule has 5 nitrogen and oxygen atoms in total. The van der Waals surface area contributed by atoms with E-state index in [9.17, 15) is 4.79 Å². The van der Waals surface area contributed by atoms with E-state index in [-0.39, 0.29) is 12.1 Å². The van der Waals surface area contributed by atoms with E-state index in [1.807, 2.05) is 24.3 Å². The van der Waals surface area contributed by atoms with Gasteiger partial charge in [-0.15, -0.1) is 0 Å². The van der Waals surface area contributed by atoms with Crippen LogP contribution in [0.15, 0.2) is 24.3 Å². The van der Waals surface area contributed by atoms with Crippen molar-refractivity contribution in [3.8, 4) is 11.5 Å². The van der Waals surface area contributed by atoms with Gasteiger partial charge in [0.05, 0.1) is 6.54 Å². The maximum atomic E-state index is 12.3. The van der Waals surface area contributed by atoms with Crippen molar-refractivity contribution in [3.05, 3.63) is 24.3 Å². The quantitative estimate of drug-likeness (QED) is 0.870. The molecule has 1 unspecified atom stereocenters. The molecule has 0 saturated heterocycles. The zero-order chi connectivity index (χ0) is 17.6. The molecule has 1 heterocycles. The molecule has 4 bridgehead atoms. The Morgan fingerprint density at radius 1 is 1.00 bits per heavy atom. The molecular formula is C21H28N2O3. The van der Waals surface area contributed by atoms with Crippen molar-refractivity contribution in [1.82, 2.24) is 10.6 Å². The molecule has 1 atom stereocenters. The normalized spacial score (nSPS) is 36.6. The molecule has 6 rings (SSSR count). The van der Waals surface area contributed by atoms with Crippen molar-refractivity contribution >= 4 is 6.03 Å². The first kappa shape index (κ1) is 16.3. The molecule has 4 fully saturated rings. The van der Waals surface area contributed by atoms with E-state index < -0.39 is 0 Å². The highest BCUT2D eigenvalue weighted by atomic mass is 16.6. The molecule has 26 heavy (non-hydrogen) atoms. The van der Waals surface area contributed by atoms with Gasteiger partial charge in [0.25, 0.3) is 0 Å². The lowest BCUT2D eigenvalue weighted by atomic mass is 9.49. The number of benzene rings is 1. The first-order chi connectivity index (χ1) is 12.7. The Morgan fingerprint density at radius 2 is 1.65 bits per heavy atom. The smallest absolute Gasteiger partial charge is 0.314 e. The minimum Gasteiger partial charge on any atom is -0.486 e. The van der Waals surface area contributed by atoms with Crippen molar-refractivity contribution in [2.45, 2.75) is 44.6 Å². The van der Waals surface area contributed by atoms with Gasteiger partial charge < -0.3 is 20.1 Å². The number of para-hydroxylation sites is 2. The summed E-state index contributed by atoms with van der Waals surface area (Å²) in [5, 5.41) is 6.11. The van der Waals surface area contributed by atoms with Crippen LogP contribution in [-0.2, 0) is 0 Å². The van der Waals surface area contributed by atoms with Crippen molar-refractivity contribution < 1.29 is 14.3 Å². The monoisotopic (exact) mass is 356 g/mol. The third-order valence-electron chi connectivity index (χ3n) is 6.85. The number of ether oxygens (including phenoxy) is 2. The van der Waals surface area contributed by atoms with Gasteiger partial charge in [0, 0.05) is 6.54 Å². The second-order valence-electron chi connectivity index (χ2n) is 8.98. The number of amides is 2. The number of rotatable bonds is 4.